The van der Waals surface area contributed by atoms with E-state index in [9.17, 15) is 5.11 Å². The molecule has 1 heterocycles. The summed E-state index contributed by atoms with van der Waals surface area (Å²) in [5, 5.41) is 10.4. The molecule has 1 unspecified atom stereocenters. The molecule has 2 nitrogen and oxygen atoms in total. The first-order valence-corrected chi connectivity index (χ1v) is 12.0. The van der Waals surface area contributed by atoms with Gasteiger partial charge in [0.05, 0.1) is 0 Å². The van der Waals surface area contributed by atoms with E-state index in [1.165, 1.54) is 28.7 Å². The molecule has 172 valence electrons. The number of hydrogen-bond acceptors (Lipinski definition) is 2. The molecule has 0 saturated heterocycles. The molecule has 1 atom stereocenters. The summed E-state index contributed by atoms with van der Waals surface area (Å²) in [5.41, 5.74) is 8.45. The SMILES string of the molecule is CC(C)=CCC/C(C)=C\CC/C(C)=C/CCC1(C)CCc2c(C)c(O)c(C)c(C)c2O1. The Labute approximate surface area is 191 Å². The first kappa shape index (κ1) is 25.3. The largest absolute Gasteiger partial charge is 0.507 e. The molecule has 2 heteroatoms. The van der Waals surface area contributed by atoms with Crippen LogP contribution >= 0.6 is 0 Å². The molecule has 0 spiro atoms. The third-order valence-electron chi connectivity index (χ3n) is 6.88. The molecule has 0 aliphatic carbocycles. The van der Waals surface area contributed by atoms with Crippen LogP contribution in [-0.2, 0) is 6.42 Å². The highest BCUT2D eigenvalue weighted by molar-refractivity contribution is 5.58. The number of benzene rings is 1. The minimum atomic E-state index is -0.133. The predicted octanol–water partition coefficient (Wildman–Crippen LogP) is 8.60. The van der Waals surface area contributed by atoms with Gasteiger partial charge in [0.15, 0.2) is 0 Å². The topological polar surface area (TPSA) is 29.5 Å². The molecular formula is C29H44O2. The van der Waals surface area contributed by atoms with Gasteiger partial charge in [0.25, 0.3) is 0 Å². The van der Waals surface area contributed by atoms with Crippen LogP contribution in [0.3, 0.4) is 0 Å². The number of phenolic OH excluding ortho intramolecular Hbond substituents is 1. The summed E-state index contributed by atoms with van der Waals surface area (Å²) < 4.78 is 6.56. The van der Waals surface area contributed by atoms with Gasteiger partial charge in [-0.1, -0.05) is 34.9 Å². The van der Waals surface area contributed by atoms with E-state index < -0.39 is 0 Å². The van der Waals surface area contributed by atoms with Crippen LogP contribution in [0.25, 0.3) is 0 Å². The van der Waals surface area contributed by atoms with Gasteiger partial charge >= 0.3 is 0 Å². The molecule has 0 bridgehead atoms. The fourth-order valence-electron chi connectivity index (χ4n) is 4.43. The van der Waals surface area contributed by atoms with Gasteiger partial charge in [-0.15, -0.1) is 0 Å². The van der Waals surface area contributed by atoms with Gasteiger partial charge in [-0.3, -0.25) is 0 Å². The van der Waals surface area contributed by atoms with Gasteiger partial charge in [-0.05, 0) is 123 Å². The van der Waals surface area contributed by atoms with Crippen molar-refractivity contribution in [3.63, 3.8) is 0 Å². The number of hydrogen-bond donors (Lipinski definition) is 1. The van der Waals surface area contributed by atoms with E-state index in [1.807, 2.05) is 13.8 Å². The van der Waals surface area contributed by atoms with Crippen LogP contribution < -0.4 is 4.74 Å². The smallest absolute Gasteiger partial charge is 0.127 e. The number of aromatic hydroxyl groups is 1. The molecule has 0 aromatic heterocycles. The van der Waals surface area contributed by atoms with Gasteiger partial charge in [-0.25, -0.2) is 0 Å². The summed E-state index contributed by atoms with van der Waals surface area (Å²) in [4.78, 5) is 0. The van der Waals surface area contributed by atoms with E-state index in [2.05, 4.69) is 59.8 Å². The highest BCUT2D eigenvalue weighted by atomic mass is 16.5. The highest BCUT2D eigenvalue weighted by Crippen LogP contribution is 2.44. The van der Waals surface area contributed by atoms with Crippen LogP contribution in [0.2, 0.25) is 0 Å². The third kappa shape index (κ3) is 7.02. The first-order chi connectivity index (χ1) is 14.5. The predicted molar refractivity (Wildman–Crippen MR) is 134 cm³/mol. The standard InChI is InChI=1S/C29H44O2/c1-20(2)12-9-13-21(3)14-10-15-22(4)16-11-18-29(8)19-17-26-25(7)27(30)23(5)24(6)28(26)31-29/h12,14,16,30H,9-11,13,15,17-19H2,1-8H3/b21-14-,22-16+. The molecule has 1 aromatic carbocycles. The van der Waals surface area contributed by atoms with Crippen LogP contribution in [0.4, 0.5) is 0 Å². The Morgan fingerprint density at radius 2 is 1.45 bits per heavy atom. The van der Waals surface area contributed by atoms with Crippen molar-refractivity contribution >= 4 is 0 Å². The lowest BCUT2D eigenvalue weighted by atomic mass is 9.85. The van der Waals surface area contributed by atoms with Crippen molar-refractivity contribution in [3.8, 4) is 11.5 Å². The highest BCUT2D eigenvalue weighted by Gasteiger charge is 2.33. The van der Waals surface area contributed by atoms with E-state index in [-0.39, 0.29) is 5.60 Å². The van der Waals surface area contributed by atoms with Crippen LogP contribution in [0.15, 0.2) is 34.9 Å². The van der Waals surface area contributed by atoms with Gasteiger partial charge < -0.3 is 9.84 Å². The molecule has 1 aromatic rings. The average Bonchev–Trinajstić information content (AvgIpc) is 2.70. The fourth-order valence-corrected chi connectivity index (χ4v) is 4.43. The summed E-state index contributed by atoms with van der Waals surface area (Å²) in [6.45, 7) is 17.1. The van der Waals surface area contributed by atoms with Crippen molar-refractivity contribution in [1.82, 2.24) is 0 Å². The second-order valence-corrected chi connectivity index (χ2v) is 10.1. The summed E-state index contributed by atoms with van der Waals surface area (Å²) in [6.07, 6.45) is 15.8. The average molecular weight is 425 g/mol. The Kier molecular flexibility index (Phi) is 9.03. The van der Waals surface area contributed by atoms with Gasteiger partial charge in [0, 0.05) is 5.56 Å². The maximum absolute atomic E-state index is 10.4. The van der Waals surface area contributed by atoms with E-state index in [0.717, 1.165) is 67.4 Å². The number of allylic oxidation sites excluding steroid dienone is 6. The molecule has 1 aliphatic rings. The first-order valence-electron chi connectivity index (χ1n) is 12.0. The number of phenols is 1. The lowest BCUT2D eigenvalue weighted by Crippen LogP contribution is -2.37. The van der Waals surface area contributed by atoms with Gasteiger partial charge in [-0.2, -0.15) is 0 Å². The normalized spacial score (nSPS) is 19.1. The molecule has 0 amide bonds. The summed E-state index contributed by atoms with van der Waals surface area (Å²) in [6, 6.07) is 0. The van der Waals surface area contributed by atoms with Gasteiger partial charge in [0.1, 0.15) is 17.1 Å². The van der Waals surface area contributed by atoms with Crippen molar-refractivity contribution in [2.24, 2.45) is 0 Å². The lowest BCUT2D eigenvalue weighted by molar-refractivity contribution is 0.0558. The maximum Gasteiger partial charge on any atom is 0.127 e. The van der Waals surface area contributed by atoms with Crippen molar-refractivity contribution in [2.45, 2.75) is 112 Å². The number of fused-ring (bicyclic) bond motifs is 1. The Hall–Kier alpha value is -1.96. The monoisotopic (exact) mass is 424 g/mol. The Morgan fingerprint density at radius 3 is 2.06 bits per heavy atom. The molecule has 2 rings (SSSR count). The molecule has 0 fully saturated rings. The Morgan fingerprint density at radius 1 is 0.871 bits per heavy atom. The molecule has 1 aliphatic heterocycles. The van der Waals surface area contributed by atoms with Crippen molar-refractivity contribution < 1.29 is 9.84 Å². The zero-order valence-electron chi connectivity index (χ0n) is 21.2. The lowest BCUT2D eigenvalue weighted by Gasteiger charge is -2.38. The molecule has 0 radical (unpaired) electrons. The van der Waals surface area contributed by atoms with Crippen molar-refractivity contribution in [3.05, 3.63) is 57.2 Å². The van der Waals surface area contributed by atoms with Crippen LogP contribution in [0.1, 0.15) is 102 Å². The summed E-state index contributed by atoms with van der Waals surface area (Å²) in [7, 11) is 0. The zero-order chi connectivity index (χ0) is 23.2. The fraction of sp³-hybridized carbons (Fsp3) is 0.586. The zero-order valence-corrected chi connectivity index (χ0v) is 21.2. The summed E-state index contributed by atoms with van der Waals surface area (Å²) >= 11 is 0. The van der Waals surface area contributed by atoms with E-state index in [1.54, 1.807) is 0 Å². The molecule has 1 N–H and O–H groups in total. The molecule has 0 saturated carbocycles. The third-order valence-corrected chi connectivity index (χ3v) is 6.88. The maximum atomic E-state index is 10.4. The second kappa shape index (κ2) is 11.1. The quantitative estimate of drug-likeness (QED) is 0.402. The van der Waals surface area contributed by atoms with Crippen LogP contribution in [0, 0.1) is 20.8 Å². The van der Waals surface area contributed by atoms with Crippen molar-refractivity contribution in [1.29, 1.82) is 0 Å². The van der Waals surface area contributed by atoms with E-state index >= 15 is 0 Å². The number of rotatable bonds is 9. The Bertz CT molecular complexity index is 865. The minimum Gasteiger partial charge on any atom is -0.507 e. The van der Waals surface area contributed by atoms with E-state index in [0.29, 0.717) is 5.75 Å². The van der Waals surface area contributed by atoms with E-state index in [4.69, 9.17) is 4.74 Å². The summed E-state index contributed by atoms with van der Waals surface area (Å²) in [5.74, 6) is 1.44. The Balaban J connectivity index is 1.88. The van der Waals surface area contributed by atoms with Gasteiger partial charge in [0.2, 0.25) is 0 Å². The van der Waals surface area contributed by atoms with Crippen LogP contribution in [-0.4, -0.2) is 10.7 Å². The molecule has 31 heavy (non-hydrogen) atoms. The van der Waals surface area contributed by atoms with Crippen molar-refractivity contribution in [2.75, 3.05) is 0 Å². The van der Waals surface area contributed by atoms with Crippen LogP contribution in [0.5, 0.6) is 11.5 Å². The molecular weight excluding hydrogens is 380 g/mol. The second-order valence-electron chi connectivity index (χ2n) is 10.1. The number of ether oxygens (including phenoxy) is 1. The minimum absolute atomic E-state index is 0.133.